The molecule has 2 aromatic carbocycles. The quantitative estimate of drug-likeness (QED) is 0.546. The predicted molar refractivity (Wildman–Crippen MR) is 121 cm³/mol. The second-order valence-electron chi connectivity index (χ2n) is 7.97. The van der Waals surface area contributed by atoms with Crippen LogP contribution >= 0.6 is 0 Å². The number of fused-ring (bicyclic) bond motifs is 3. The van der Waals surface area contributed by atoms with Gasteiger partial charge >= 0.3 is 12.1 Å². The summed E-state index contributed by atoms with van der Waals surface area (Å²) in [4.78, 5) is 36.8. The number of carboxylic acids is 1. The Balaban J connectivity index is 1.57. The molecule has 0 aromatic heterocycles. The number of likely N-dealkylation sites (N-methyl/N-ethyl adjacent to an activating group) is 1. The van der Waals surface area contributed by atoms with Crippen molar-refractivity contribution in [1.29, 1.82) is 0 Å². The SMILES string of the molecule is CCC(=O)NCCCC[C@@H](C(=O)O)N(C)C(=O)OCC1c2ccccc2-c2ccccc21. The first-order chi connectivity index (χ1) is 15.4. The summed E-state index contributed by atoms with van der Waals surface area (Å²) in [6, 6.07) is 15.1. The van der Waals surface area contributed by atoms with Gasteiger partial charge in [0.2, 0.25) is 5.91 Å². The van der Waals surface area contributed by atoms with Crippen molar-refractivity contribution in [1.82, 2.24) is 10.2 Å². The van der Waals surface area contributed by atoms with Crippen molar-refractivity contribution >= 4 is 18.0 Å². The molecule has 0 spiro atoms. The molecule has 0 saturated carbocycles. The van der Waals surface area contributed by atoms with Gasteiger partial charge in [0.25, 0.3) is 0 Å². The molecule has 2 aromatic rings. The Kier molecular flexibility index (Phi) is 7.87. The van der Waals surface area contributed by atoms with E-state index in [-0.39, 0.29) is 24.9 Å². The first-order valence-corrected chi connectivity index (χ1v) is 11.0. The molecule has 0 saturated heterocycles. The Morgan fingerprint density at radius 1 is 1.03 bits per heavy atom. The predicted octanol–water partition coefficient (Wildman–Crippen LogP) is 4.02. The van der Waals surface area contributed by atoms with E-state index in [9.17, 15) is 19.5 Å². The third-order valence-corrected chi connectivity index (χ3v) is 5.92. The van der Waals surface area contributed by atoms with E-state index in [1.165, 1.54) is 7.05 Å². The van der Waals surface area contributed by atoms with E-state index >= 15 is 0 Å². The number of aliphatic carboxylic acids is 1. The zero-order valence-electron chi connectivity index (χ0n) is 18.5. The van der Waals surface area contributed by atoms with Gasteiger partial charge in [-0.1, -0.05) is 55.5 Å². The molecule has 2 N–H and O–H groups in total. The number of carbonyl (C=O) groups excluding carboxylic acids is 2. The second kappa shape index (κ2) is 10.8. The Morgan fingerprint density at radius 3 is 2.19 bits per heavy atom. The van der Waals surface area contributed by atoms with Crippen LogP contribution < -0.4 is 5.32 Å². The highest BCUT2D eigenvalue weighted by Crippen LogP contribution is 2.44. The van der Waals surface area contributed by atoms with Crippen LogP contribution in [0.5, 0.6) is 0 Å². The number of nitrogens with zero attached hydrogens (tertiary/aromatic N) is 1. The summed E-state index contributed by atoms with van der Waals surface area (Å²) in [5.74, 6) is -1.18. The van der Waals surface area contributed by atoms with E-state index in [2.05, 4.69) is 17.4 Å². The van der Waals surface area contributed by atoms with Crippen molar-refractivity contribution in [3.8, 4) is 11.1 Å². The molecule has 0 fully saturated rings. The lowest BCUT2D eigenvalue weighted by molar-refractivity contribution is -0.142. The lowest BCUT2D eigenvalue weighted by Gasteiger charge is -2.25. The maximum atomic E-state index is 12.7. The van der Waals surface area contributed by atoms with E-state index in [1.54, 1.807) is 6.92 Å². The highest BCUT2D eigenvalue weighted by Gasteiger charge is 2.31. The van der Waals surface area contributed by atoms with Gasteiger partial charge in [-0.3, -0.25) is 9.69 Å². The van der Waals surface area contributed by atoms with E-state index in [1.807, 2.05) is 36.4 Å². The number of carbonyl (C=O) groups is 3. The number of ether oxygens (including phenoxy) is 1. The number of unbranched alkanes of at least 4 members (excludes halogenated alkanes) is 1. The molecule has 1 atom stereocenters. The van der Waals surface area contributed by atoms with Gasteiger partial charge in [0.05, 0.1) is 0 Å². The Bertz CT molecular complexity index is 929. The monoisotopic (exact) mass is 438 g/mol. The van der Waals surface area contributed by atoms with Crippen LogP contribution in [-0.4, -0.2) is 54.2 Å². The minimum absolute atomic E-state index is 0.0319. The summed E-state index contributed by atoms with van der Waals surface area (Å²) >= 11 is 0. The van der Waals surface area contributed by atoms with E-state index in [0.717, 1.165) is 27.2 Å². The summed E-state index contributed by atoms with van der Waals surface area (Å²) < 4.78 is 5.57. The molecule has 7 nitrogen and oxygen atoms in total. The molecule has 0 unspecified atom stereocenters. The molecule has 0 aliphatic heterocycles. The fourth-order valence-corrected chi connectivity index (χ4v) is 4.12. The van der Waals surface area contributed by atoms with Crippen molar-refractivity contribution in [2.75, 3.05) is 20.2 Å². The number of hydrogen-bond donors (Lipinski definition) is 2. The first kappa shape index (κ1) is 23.3. The molecule has 0 radical (unpaired) electrons. The third kappa shape index (κ3) is 5.28. The molecule has 170 valence electrons. The number of nitrogens with one attached hydrogen (secondary N) is 1. The number of rotatable bonds is 10. The second-order valence-corrected chi connectivity index (χ2v) is 7.97. The van der Waals surface area contributed by atoms with Gasteiger partial charge in [-0.05, 0) is 41.5 Å². The van der Waals surface area contributed by atoms with Crippen LogP contribution in [0.2, 0.25) is 0 Å². The Hall–Kier alpha value is -3.35. The molecule has 3 rings (SSSR count). The van der Waals surface area contributed by atoms with Crippen molar-refractivity contribution in [2.24, 2.45) is 0 Å². The summed E-state index contributed by atoms with van der Waals surface area (Å²) in [5, 5.41) is 12.4. The topological polar surface area (TPSA) is 95.9 Å². The van der Waals surface area contributed by atoms with Crippen LogP contribution in [0.15, 0.2) is 48.5 Å². The highest BCUT2D eigenvalue weighted by atomic mass is 16.6. The fourth-order valence-electron chi connectivity index (χ4n) is 4.12. The van der Waals surface area contributed by atoms with Gasteiger partial charge < -0.3 is 15.2 Å². The number of benzene rings is 2. The largest absolute Gasteiger partial charge is 0.480 e. The minimum atomic E-state index is -1.07. The normalized spacial score (nSPS) is 13.1. The lowest BCUT2D eigenvalue weighted by atomic mass is 9.98. The maximum absolute atomic E-state index is 12.7. The average Bonchev–Trinajstić information content (AvgIpc) is 3.12. The molecule has 1 aliphatic rings. The van der Waals surface area contributed by atoms with E-state index in [0.29, 0.717) is 25.8 Å². The maximum Gasteiger partial charge on any atom is 0.410 e. The van der Waals surface area contributed by atoms with Gasteiger partial charge in [-0.25, -0.2) is 9.59 Å². The van der Waals surface area contributed by atoms with Crippen molar-refractivity contribution in [2.45, 2.75) is 44.6 Å². The van der Waals surface area contributed by atoms with Crippen molar-refractivity contribution in [3.63, 3.8) is 0 Å². The summed E-state index contributed by atoms with van der Waals surface area (Å²) in [6.07, 6.45) is 1.27. The van der Waals surface area contributed by atoms with Crippen molar-refractivity contribution < 1.29 is 24.2 Å². The Morgan fingerprint density at radius 2 is 1.62 bits per heavy atom. The first-order valence-electron chi connectivity index (χ1n) is 11.0. The van der Waals surface area contributed by atoms with Gasteiger partial charge in [-0.2, -0.15) is 0 Å². The lowest BCUT2D eigenvalue weighted by Crippen LogP contribution is -2.43. The number of carboxylic acid groups (broad SMARTS) is 1. The number of hydrogen-bond acceptors (Lipinski definition) is 4. The smallest absolute Gasteiger partial charge is 0.410 e. The molecule has 2 amide bonds. The van der Waals surface area contributed by atoms with Gasteiger partial charge in [-0.15, -0.1) is 0 Å². The fraction of sp³-hybridized carbons (Fsp3) is 0.400. The molecule has 32 heavy (non-hydrogen) atoms. The van der Waals surface area contributed by atoms with E-state index in [4.69, 9.17) is 4.74 Å². The van der Waals surface area contributed by atoms with Crippen LogP contribution in [0, 0.1) is 0 Å². The standard InChI is InChI=1S/C25H30N2O5/c1-3-23(28)26-15-9-8-14-22(24(29)30)27(2)25(31)32-16-21-19-12-6-4-10-17(19)18-11-5-7-13-20(18)21/h4-7,10-13,21-22H,3,8-9,14-16H2,1-2H3,(H,26,28)(H,29,30)/t22-/m0/s1. The third-order valence-electron chi connectivity index (χ3n) is 5.92. The summed E-state index contributed by atoms with van der Waals surface area (Å²) in [7, 11) is 1.45. The highest BCUT2D eigenvalue weighted by molar-refractivity contribution is 5.81. The van der Waals surface area contributed by atoms with Crippen LogP contribution in [0.4, 0.5) is 4.79 Å². The van der Waals surface area contributed by atoms with Crippen LogP contribution in [-0.2, 0) is 14.3 Å². The van der Waals surface area contributed by atoms with Crippen molar-refractivity contribution in [3.05, 3.63) is 59.7 Å². The average molecular weight is 439 g/mol. The molecular weight excluding hydrogens is 408 g/mol. The zero-order chi connectivity index (χ0) is 23.1. The zero-order valence-corrected chi connectivity index (χ0v) is 18.5. The minimum Gasteiger partial charge on any atom is -0.480 e. The molecule has 7 heteroatoms. The number of amides is 2. The van der Waals surface area contributed by atoms with Gasteiger partial charge in [0.15, 0.2) is 0 Å². The van der Waals surface area contributed by atoms with E-state index < -0.39 is 18.1 Å². The van der Waals surface area contributed by atoms with Gasteiger partial charge in [0.1, 0.15) is 12.6 Å². The molecule has 1 aliphatic carbocycles. The van der Waals surface area contributed by atoms with Crippen LogP contribution in [0.1, 0.15) is 49.7 Å². The van der Waals surface area contributed by atoms with Gasteiger partial charge in [0, 0.05) is 25.9 Å². The van der Waals surface area contributed by atoms with Crippen LogP contribution in [0.25, 0.3) is 11.1 Å². The summed E-state index contributed by atoms with van der Waals surface area (Å²) in [6.45, 7) is 2.42. The molecule has 0 bridgehead atoms. The summed E-state index contributed by atoms with van der Waals surface area (Å²) in [5.41, 5.74) is 4.48. The molecule has 0 heterocycles. The Labute approximate surface area is 188 Å². The van der Waals surface area contributed by atoms with Crippen LogP contribution in [0.3, 0.4) is 0 Å². The molecular formula is C25H30N2O5.